The van der Waals surface area contributed by atoms with E-state index in [-0.39, 0.29) is 11.5 Å². The Labute approximate surface area is 127 Å². The van der Waals surface area contributed by atoms with Gasteiger partial charge in [-0.25, -0.2) is 0 Å². The molecule has 1 atom stereocenters. The highest BCUT2D eigenvalue weighted by Gasteiger charge is 2.20. The van der Waals surface area contributed by atoms with Crippen LogP contribution in [0.4, 0.5) is 0 Å². The predicted molar refractivity (Wildman–Crippen MR) is 83.7 cm³/mol. The van der Waals surface area contributed by atoms with Crippen molar-refractivity contribution in [3.8, 4) is 0 Å². The fourth-order valence-electron chi connectivity index (χ4n) is 2.29. The number of halogens is 1. The first kappa shape index (κ1) is 13.9. The Bertz CT molecular complexity index is 780. The molecule has 2 N–H and O–H groups in total. The first-order valence-electron chi connectivity index (χ1n) is 6.67. The number of rotatable bonds is 4. The average Bonchev–Trinajstić information content (AvgIpc) is 2.93. The number of furan rings is 1. The molecule has 0 bridgehead atoms. The van der Waals surface area contributed by atoms with Crippen molar-refractivity contribution in [2.24, 2.45) is 5.73 Å². The van der Waals surface area contributed by atoms with Crippen LogP contribution in [0.1, 0.15) is 16.1 Å². The molecule has 0 aliphatic carbocycles. The molecule has 1 aromatic heterocycles. The van der Waals surface area contributed by atoms with Crippen molar-refractivity contribution >= 4 is 28.4 Å². The third kappa shape index (κ3) is 2.84. The molecule has 0 saturated carbocycles. The van der Waals surface area contributed by atoms with Crippen LogP contribution in [0.5, 0.6) is 0 Å². The summed E-state index contributed by atoms with van der Waals surface area (Å²) in [4.78, 5) is 12.4. The minimum atomic E-state index is -0.633. The number of fused-ring (bicyclic) bond motifs is 1. The van der Waals surface area contributed by atoms with Gasteiger partial charge in [-0.2, -0.15) is 0 Å². The molecule has 3 aromatic rings. The quantitative estimate of drug-likeness (QED) is 0.745. The molecule has 4 heteroatoms. The van der Waals surface area contributed by atoms with Gasteiger partial charge in [0.1, 0.15) is 0 Å². The Morgan fingerprint density at radius 1 is 1.14 bits per heavy atom. The minimum Gasteiger partial charge on any atom is -0.451 e. The smallest absolute Gasteiger partial charge is 0.214 e. The summed E-state index contributed by atoms with van der Waals surface area (Å²) in [6.45, 7) is 0. The summed E-state index contributed by atoms with van der Waals surface area (Å²) in [5.74, 6) is 0.0349. The van der Waals surface area contributed by atoms with Gasteiger partial charge in [0, 0.05) is 5.39 Å². The van der Waals surface area contributed by atoms with Crippen LogP contribution in [0.3, 0.4) is 0 Å². The van der Waals surface area contributed by atoms with Crippen molar-refractivity contribution in [2.75, 3.05) is 0 Å². The average molecular weight is 300 g/mol. The topological polar surface area (TPSA) is 56.2 Å². The van der Waals surface area contributed by atoms with Crippen LogP contribution in [-0.2, 0) is 6.42 Å². The number of nitrogens with two attached hydrogens (primary N) is 1. The first-order chi connectivity index (χ1) is 10.1. The van der Waals surface area contributed by atoms with Crippen LogP contribution in [0.25, 0.3) is 11.0 Å². The molecule has 0 saturated heterocycles. The van der Waals surface area contributed by atoms with Gasteiger partial charge in [-0.1, -0.05) is 54.1 Å². The van der Waals surface area contributed by atoms with Gasteiger partial charge in [0.25, 0.3) is 0 Å². The number of hydrogen-bond donors (Lipinski definition) is 1. The second-order valence-electron chi connectivity index (χ2n) is 4.93. The number of para-hydroxylation sites is 1. The van der Waals surface area contributed by atoms with Gasteiger partial charge in [-0.15, -0.1) is 0 Å². The molecule has 2 aromatic carbocycles. The number of carbonyl (C=O) groups is 1. The largest absolute Gasteiger partial charge is 0.451 e. The van der Waals surface area contributed by atoms with Crippen molar-refractivity contribution in [3.63, 3.8) is 0 Å². The fraction of sp³-hybridized carbons (Fsp3) is 0.118. The zero-order valence-corrected chi connectivity index (χ0v) is 12.0. The molecule has 3 nitrogen and oxygen atoms in total. The molecule has 21 heavy (non-hydrogen) atoms. The number of ketones is 1. The second kappa shape index (κ2) is 5.72. The number of benzene rings is 2. The van der Waals surface area contributed by atoms with E-state index in [4.69, 9.17) is 21.8 Å². The SMILES string of the molecule is NC(Cc1ccccc1)C(=O)c1cc2cccc(Cl)c2o1. The maximum absolute atomic E-state index is 12.4. The molecule has 106 valence electrons. The summed E-state index contributed by atoms with van der Waals surface area (Å²) < 4.78 is 5.56. The maximum Gasteiger partial charge on any atom is 0.214 e. The van der Waals surface area contributed by atoms with E-state index in [1.54, 1.807) is 12.1 Å². The molecule has 0 amide bonds. The standard InChI is InChI=1S/C17H14ClNO2/c18-13-8-4-7-12-10-15(21-17(12)13)16(20)14(19)9-11-5-2-1-3-6-11/h1-8,10,14H,9,19H2. The van der Waals surface area contributed by atoms with Gasteiger partial charge >= 0.3 is 0 Å². The minimum absolute atomic E-state index is 0.217. The van der Waals surface area contributed by atoms with Crippen LogP contribution in [0, 0.1) is 0 Å². The van der Waals surface area contributed by atoms with Gasteiger partial charge < -0.3 is 10.2 Å². The number of Topliss-reactive ketones (excluding diaryl/α,β-unsaturated/α-hetero) is 1. The van der Waals surface area contributed by atoms with E-state index in [0.717, 1.165) is 10.9 Å². The lowest BCUT2D eigenvalue weighted by molar-refractivity contribution is 0.0935. The molecule has 1 heterocycles. The Morgan fingerprint density at radius 2 is 1.90 bits per heavy atom. The lowest BCUT2D eigenvalue weighted by atomic mass is 10.0. The third-order valence-electron chi connectivity index (χ3n) is 3.37. The zero-order valence-electron chi connectivity index (χ0n) is 11.3. The van der Waals surface area contributed by atoms with Crippen LogP contribution in [-0.4, -0.2) is 11.8 Å². The summed E-state index contributed by atoms with van der Waals surface area (Å²) >= 11 is 6.05. The molecular formula is C17H14ClNO2. The molecule has 0 aliphatic rings. The van der Waals surface area contributed by atoms with Crippen LogP contribution < -0.4 is 5.73 Å². The Balaban J connectivity index is 1.84. The van der Waals surface area contributed by atoms with E-state index in [2.05, 4.69) is 0 Å². The van der Waals surface area contributed by atoms with E-state index < -0.39 is 6.04 Å². The van der Waals surface area contributed by atoms with E-state index >= 15 is 0 Å². The maximum atomic E-state index is 12.4. The lowest BCUT2D eigenvalue weighted by Crippen LogP contribution is -2.32. The Kier molecular flexibility index (Phi) is 3.78. The highest BCUT2D eigenvalue weighted by molar-refractivity contribution is 6.34. The molecule has 0 spiro atoms. The van der Waals surface area contributed by atoms with E-state index in [1.807, 2.05) is 42.5 Å². The Hall–Kier alpha value is -2.10. The summed E-state index contributed by atoms with van der Waals surface area (Å²) in [6.07, 6.45) is 0.477. The highest BCUT2D eigenvalue weighted by Crippen LogP contribution is 2.27. The van der Waals surface area contributed by atoms with Crippen molar-refractivity contribution < 1.29 is 9.21 Å². The summed E-state index contributed by atoms with van der Waals surface area (Å²) in [5, 5.41) is 1.29. The predicted octanol–water partition coefficient (Wildman–Crippen LogP) is 3.84. The van der Waals surface area contributed by atoms with Gasteiger partial charge in [-0.05, 0) is 24.1 Å². The van der Waals surface area contributed by atoms with Crippen molar-refractivity contribution in [1.29, 1.82) is 0 Å². The monoisotopic (exact) mass is 299 g/mol. The van der Waals surface area contributed by atoms with Gasteiger partial charge in [-0.3, -0.25) is 4.79 Å². The zero-order chi connectivity index (χ0) is 14.8. The van der Waals surface area contributed by atoms with Crippen molar-refractivity contribution in [2.45, 2.75) is 12.5 Å². The normalized spacial score (nSPS) is 12.5. The van der Waals surface area contributed by atoms with Gasteiger partial charge in [0.15, 0.2) is 11.3 Å². The van der Waals surface area contributed by atoms with E-state index in [1.165, 1.54) is 0 Å². The van der Waals surface area contributed by atoms with Crippen molar-refractivity contribution in [1.82, 2.24) is 0 Å². The third-order valence-corrected chi connectivity index (χ3v) is 3.67. The van der Waals surface area contributed by atoms with E-state index in [0.29, 0.717) is 17.0 Å². The summed E-state index contributed by atoms with van der Waals surface area (Å²) in [5.41, 5.74) is 7.54. The highest BCUT2D eigenvalue weighted by atomic mass is 35.5. The summed E-state index contributed by atoms with van der Waals surface area (Å²) in [7, 11) is 0. The fourth-order valence-corrected chi connectivity index (χ4v) is 2.51. The lowest BCUT2D eigenvalue weighted by Gasteiger charge is -2.08. The molecule has 3 rings (SSSR count). The molecule has 0 aliphatic heterocycles. The second-order valence-corrected chi connectivity index (χ2v) is 5.34. The van der Waals surface area contributed by atoms with Crippen LogP contribution in [0.2, 0.25) is 5.02 Å². The van der Waals surface area contributed by atoms with Crippen LogP contribution >= 0.6 is 11.6 Å². The molecular weight excluding hydrogens is 286 g/mol. The van der Waals surface area contributed by atoms with Crippen LogP contribution in [0.15, 0.2) is 59.0 Å². The summed E-state index contributed by atoms with van der Waals surface area (Å²) in [6, 6.07) is 16.1. The Morgan fingerprint density at radius 3 is 2.62 bits per heavy atom. The molecule has 0 radical (unpaired) electrons. The molecule has 0 fully saturated rings. The first-order valence-corrected chi connectivity index (χ1v) is 7.05. The number of hydrogen-bond acceptors (Lipinski definition) is 3. The van der Waals surface area contributed by atoms with E-state index in [9.17, 15) is 4.79 Å². The molecule has 1 unspecified atom stereocenters. The van der Waals surface area contributed by atoms with Gasteiger partial charge in [0.05, 0.1) is 11.1 Å². The number of carbonyl (C=O) groups excluding carboxylic acids is 1. The van der Waals surface area contributed by atoms with Gasteiger partial charge in [0.2, 0.25) is 5.78 Å². The van der Waals surface area contributed by atoms with Crippen molar-refractivity contribution in [3.05, 3.63) is 70.9 Å².